The van der Waals surface area contributed by atoms with E-state index < -0.39 is 0 Å². The van der Waals surface area contributed by atoms with E-state index in [1.54, 1.807) is 0 Å². The molecule has 0 radical (unpaired) electrons. The van der Waals surface area contributed by atoms with Crippen molar-refractivity contribution in [1.29, 1.82) is 0 Å². The van der Waals surface area contributed by atoms with E-state index in [0.29, 0.717) is 5.88 Å². The van der Waals surface area contributed by atoms with Crippen LogP contribution in [-0.2, 0) is 12.3 Å². The summed E-state index contributed by atoms with van der Waals surface area (Å²) in [7, 11) is 0. The quantitative estimate of drug-likeness (QED) is 0.639. The molecule has 0 N–H and O–H groups in total. The fourth-order valence-electron chi connectivity index (χ4n) is 3.12. The van der Waals surface area contributed by atoms with Crippen molar-refractivity contribution >= 4 is 33.9 Å². The van der Waals surface area contributed by atoms with Gasteiger partial charge >= 0.3 is 0 Å². The SMILES string of the molecule is ClCc1cnc(N2CCc3ccccc32)c2ccccc12. The van der Waals surface area contributed by atoms with Crippen LogP contribution in [0.25, 0.3) is 10.8 Å². The van der Waals surface area contributed by atoms with Crippen LogP contribution < -0.4 is 4.90 Å². The molecule has 0 fully saturated rings. The van der Waals surface area contributed by atoms with Gasteiger partial charge in [-0.05, 0) is 29.0 Å². The van der Waals surface area contributed by atoms with Gasteiger partial charge in [-0.25, -0.2) is 4.98 Å². The number of rotatable bonds is 2. The Labute approximate surface area is 129 Å². The molecule has 1 aromatic heterocycles. The van der Waals surface area contributed by atoms with Gasteiger partial charge in [0.1, 0.15) is 5.82 Å². The number of hydrogen-bond donors (Lipinski definition) is 0. The first kappa shape index (κ1) is 12.7. The van der Waals surface area contributed by atoms with Crippen LogP contribution in [0.15, 0.2) is 54.7 Å². The Morgan fingerprint density at radius 2 is 1.76 bits per heavy atom. The average molecular weight is 295 g/mol. The number of hydrogen-bond acceptors (Lipinski definition) is 2. The Morgan fingerprint density at radius 3 is 2.62 bits per heavy atom. The lowest BCUT2D eigenvalue weighted by Crippen LogP contribution is -2.15. The molecule has 0 aliphatic carbocycles. The minimum absolute atomic E-state index is 0.490. The highest BCUT2D eigenvalue weighted by molar-refractivity contribution is 6.18. The lowest BCUT2D eigenvalue weighted by Gasteiger charge is -2.21. The van der Waals surface area contributed by atoms with Gasteiger partial charge in [-0.2, -0.15) is 0 Å². The fraction of sp³-hybridized carbons (Fsp3) is 0.167. The van der Waals surface area contributed by atoms with Gasteiger partial charge < -0.3 is 4.90 Å². The molecule has 104 valence electrons. The van der Waals surface area contributed by atoms with Crippen LogP contribution in [0.3, 0.4) is 0 Å². The summed E-state index contributed by atoms with van der Waals surface area (Å²) in [6, 6.07) is 16.9. The highest BCUT2D eigenvalue weighted by Crippen LogP contribution is 2.37. The van der Waals surface area contributed by atoms with Crippen molar-refractivity contribution in [2.75, 3.05) is 11.4 Å². The van der Waals surface area contributed by atoms with E-state index in [4.69, 9.17) is 16.6 Å². The second-order valence-electron chi connectivity index (χ2n) is 5.32. The second-order valence-corrected chi connectivity index (χ2v) is 5.58. The predicted octanol–water partition coefficient (Wildman–Crippen LogP) is 4.67. The van der Waals surface area contributed by atoms with Crippen molar-refractivity contribution in [1.82, 2.24) is 4.98 Å². The molecule has 1 aliphatic rings. The van der Waals surface area contributed by atoms with Crippen LogP contribution in [0.2, 0.25) is 0 Å². The third kappa shape index (κ3) is 1.98. The molecule has 3 heteroatoms. The van der Waals surface area contributed by atoms with E-state index in [9.17, 15) is 0 Å². The van der Waals surface area contributed by atoms with Gasteiger partial charge in [0.2, 0.25) is 0 Å². The van der Waals surface area contributed by atoms with E-state index in [1.807, 2.05) is 6.20 Å². The summed E-state index contributed by atoms with van der Waals surface area (Å²) in [4.78, 5) is 7.02. The molecule has 2 aromatic carbocycles. The standard InChI is InChI=1S/C18H15ClN2/c19-11-14-12-20-18(16-7-3-2-6-15(14)16)21-10-9-13-5-1-4-8-17(13)21/h1-8,12H,9-11H2. The Hall–Kier alpha value is -2.06. The average Bonchev–Trinajstić information content (AvgIpc) is 2.98. The molecule has 2 heterocycles. The number of anilines is 2. The van der Waals surface area contributed by atoms with E-state index in [1.165, 1.54) is 22.0 Å². The zero-order chi connectivity index (χ0) is 14.2. The first-order valence-electron chi connectivity index (χ1n) is 7.16. The summed E-state index contributed by atoms with van der Waals surface area (Å²) in [6.45, 7) is 0.983. The van der Waals surface area contributed by atoms with Crippen LogP contribution in [0.1, 0.15) is 11.1 Å². The van der Waals surface area contributed by atoms with E-state index in [-0.39, 0.29) is 0 Å². The van der Waals surface area contributed by atoms with Crippen molar-refractivity contribution < 1.29 is 0 Å². The zero-order valence-electron chi connectivity index (χ0n) is 11.6. The Balaban J connectivity index is 1.93. The molecule has 0 saturated carbocycles. The number of fused-ring (bicyclic) bond motifs is 2. The summed E-state index contributed by atoms with van der Waals surface area (Å²) in [5.74, 6) is 1.52. The highest BCUT2D eigenvalue weighted by atomic mass is 35.5. The summed E-state index contributed by atoms with van der Waals surface area (Å²) < 4.78 is 0. The molecular formula is C18H15ClN2. The summed E-state index contributed by atoms with van der Waals surface area (Å²) in [5, 5.41) is 2.37. The van der Waals surface area contributed by atoms with Crippen LogP contribution >= 0.6 is 11.6 Å². The minimum atomic E-state index is 0.490. The van der Waals surface area contributed by atoms with Crippen LogP contribution in [0, 0.1) is 0 Å². The van der Waals surface area contributed by atoms with Gasteiger partial charge in [-0.1, -0.05) is 42.5 Å². The Kier molecular flexibility index (Phi) is 3.04. The topological polar surface area (TPSA) is 16.1 Å². The first-order chi connectivity index (χ1) is 10.4. The van der Waals surface area contributed by atoms with Gasteiger partial charge in [-0.15, -0.1) is 11.6 Å². The van der Waals surface area contributed by atoms with Crippen molar-refractivity contribution in [3.8, 4) is 0 Å². The fourth-order valence-corrected chi connectivity index (χ4v) is 3.33. The third-order valence-electron chi connectivity index (χ3n) is 4.14. The Bertz CT molecular complexity index is 813. The molecule has 0 spiro atoms. The largest absolute Gasteiger partial charge is 0.325 e. The number of alkyl halides is 1. The molecular weight excluding hydrogens is 280 g/mol. The predicted molar refractivity (Wildman–Crippen MR) is 88.5 cm³/mol. The third-order valence-corrected chi connectivity index (χ3v) is 4.43. The molecule has 0 unspecified atom stereocenters. The molecule has 4 rings (SSSR count). The molecule has 0 atom stereocenters. The maximum Gasteiger partial charge on any atom is 0.140 e. The smallest absolute Gasteiger partial charge is 0.140 e. The van der Waals surface area contributed by atoms with Crippen LogP contribution in [0.5, 0.6) is 0 Å². The Morgan fingerprint density at radius 1 is 1.00 bits per heavy atom. The summed E-state index contributed by atoms with van der Waals surface area (Å²) in [5.41, 5.74) is 3.75. The molecule has 0 amide bonds. The van der Waals surface area contributed by atoms with Gasteiger partial charge in [0.25, 0.3) is 0 Å². The number of halogens is 1. The van der Waals surface area contributed by atoms with Crippen molar-refractivity contribution in [3.05, 3.63) is 65.9 Å². The van der Waals surface area contributed by atoms with Crippen molar-refractivity contribution in [3.63, 3.8) is 0 Å². The number of pyridine rings is 1. The summed E-state index contributed by atoms with van der Waals surface area (Å²) >= 11 is 6.05. The molecule has 1 aliphatic heterocycles. The monoisotopic (exact) mass is 294 g/mol. The summed E-state index contributed by atoms with van der Waals surface area (Å²) in [6.07, 6.45) is 2.98. The number of para-hydroxylation sites is 1. The molecule has 3 aromatic rings. The molecule has 21 heavy (non-hydrogen) atoms. The van der Waals surface area contributed by atoms with Crippen molar-refractivity contribution in [2.45, 2.75) is 12.3 Å². The first-order valence-corrected chi connectivity index (χ1v) is 7.70. The maximum atomic E-state index is 6.05. The second kappa shape index (κ2) is 5.05. The number of aromatic nitrogens is 1. The van der Waals surface area contributed by atoms with E-state index in [0.717, 1.165) is 24.3 Å². The van der Waals surface area contributed by atoms with Crippen LogP contribution in [-0.4, -0.2) is 11.5 Å². The van der Waals surface area contributed by atoms with Gasteiger partial charge in [0, 0.05) is 29.7 Å². The van der Waals surface area contributed by atoms with Crippen LogP contribution in [0.4, 0.5) is 11.5 Å². The van der Waals surface area contributed by atoms with Gasteiger partial charge in [-0.3, -0.25) is 0 Å². The number of nitrogens with zero attached hydrogens (tertiary/aromatic N) is 2. The number of benzene rings is 2. The molecule has 0 bridgehead atoms. The van der Waals surface area contributed by atoms with Gasteiger partial charge in [0.05, 0.1) is 0 Å². The van der Waals surface area contributed by atoms with E-state index in [2.05, 4.69) is 53.4 Å². The maximum absolute atomic E-state index is 6.05. The van der Waals surface area contributed by atoms with E-state index >= 15 is 0 Å². The zero-order valence-corrected chi connectivity index (χ0v) is 12.3. The normalized spacial score (nSPS) is 13.7. The highest BCUT2D eigenvalue weighted by Gasteiger charge is 2.22. The lowest BCUT2D eigenvalue weighted by atomic mass is 10.1. The van der Waals surface area contributed by atoms with Gasteiger partial charge in [0.15, 0.2) is 0 Å². The lowest BCUT2D eigenvalue weighted by molar-refractivity contribution is 0.979. The van der Waals surface area contributed by atoms with Crippen molar-refractivity contribution in [2.24, 2.45) is 0 Å². The minimum Gasteiger partial charge on any atom is -0.325 e. The molecule has 0 saturated heterocycles. The molecule has 2 nitrogen and oxygen atoms in total.